The molecule has 0 aliphatic heterocycles. The number of halogens is 1. The molecule has 0 aromatic heterocycles. The highest BCUT2D eigenvalue weighted by Gasteiger charge is 2.26. The van der Waals surface area contributed by atoms with E-state index in [1.54, 1.807) is 30.3 Å². The van der Waals surface area contributed by atoms with Crippen LogP contribution in [0.3, 0.4) is 0 Å². The van der Waals surface area contributed by atoms with E-state index in [2.05, 4.69) is 4.90 Å². The number of rotatable bonds is 6. The summed E-state index contributed by atoms with van der Waals surface area (Å²) in [6.45, 7) is 0.786. The molecule has 1 aliphatic carbocycles. The van der Waals surface area contributed by atoms with Gasteiger partial charge in [-0.2, -0.15) is 0 Å². The second-order valence-corrected chi connectivity index (χ2v) is 8.20. The van der Waals surface area contributed by atoms with Crippen LogP contribution in [0.1, 0.15) is 30.4 Å². The third-order valence-electron chi connectivity index (χ3n) is 4.99. The Labute approximate surface area is 182 Å². The first kappa shape index (κ1) is 22.0. The molecular formula is C25H26ClNO3. The van der Waals surface area contributed by atoms with Gasteiger partial charge in [-0.1, -0.05) is 35.9 Å². The van der Waals surface area contributed by atoms with Gasteiger partial charge < -0.3 is 9.64 Å². The average molecular weight is 424 g/mol. The minimum Gasteiger partial charge on any atom is -0.423 e. The number of hydrogen-bond donors (Lipinski definition) is 0. The summed E-state index contributed by atoms with van der Waals surface area (Å²) in [6, 6.07) is 14.4. The number of benzene rings is 2. The van der Waals surface area contributed by atoms with Crippen LogP contribution >= 0.6 is 11.6 Å². The van der Waals surface area contributed by atoms with Crippen LogP contribution in [-0.4, -0.2) is 37.3 Å². The van der Waals surface area contributed by atoms with Crippen LogP contribution in [0.25, 0.3) is 12.2 Å². The molecule has 0 saturated heterocycles. The summed E-state index contributed by atoms with van der Waals surface area (Å²) in [6.07, 6.45) is 7.81. The lowest BCUT2D eigenvalue weighted by Gasteiger charge is -2.25. The van der Waals surface area contributed by atoms with Gasteiger partial charge in [0.2, 0.25) is 0 Å². The van der Waals surface area contributed by atoms with E-state index in [0.717, 1.165) is 42.5 Å². The molecule has 0 spiro atoms. The summed E-state index contributed by atoms with van der Waals surface area (Å²) in [5.41, 5.74) is 2.67. The number of carbonyl (C=O) groups excluding carboxylic acids is 2. The van der Waals surface area contributed by atoms with Crippen LogP contribution in [0.2, 0.25) is 5.02 Å². The van der Waals surface area contributed by atoms with Crippen molar-refractivity contribution in [1.29, 1.82) is 0 Å². The van der Waals surface area contributed by atoms with Crippen molar-refractivity contribution in [2.75, 3.05) is 20.6 Å². The Hall–Kier alpha value is -2.69. The Balaban J connectivity index is 1.60. The van der Waals surface area contributed by atoms with Gasteiger partial charge in [0.05, 0.1) is 0 Å². The third kappa shape index (κ3) is 6.41. The molecule has 0 heterocycles. The Morgan fingerprint density at radius 2 is 1.77 bits per heavy atom. The maximum atomic E-state index is 12.7. The number of hydrogen-bond acceptors (Lipinski definition) is 4. The normalized spacial score (nSPS) is 18.3. The van der Waals surface area contributed by atoms with Crippen molar-refractivity contribution < 1.29 is 14.3 Å². The zero-order valence-electron chi connectivity index (χ0n) is 17.3. The third-order valence-corrected chi connectivity index (χ3v) is 5.24. The van der Waals surface area contributed by atoms with Crippen LogP contribution in [0.15, 0.2) is 60.2 Å². The van der Waals surface area contributed by atoms with Gasteiger partial charge in [0, 0.05) is 23.6 Å². The van der Waals surface area contributed by atoms with E-state index in [-0.39, 0.29) is 11.7 Å². The van der Waals surface area contributed by atoms with Crippen molar-refractivity contribution in [3.8, 4) is 5.75 Å². The number of esters is 1. The molecule has 1 unspecified atom stereocenters. The lowest BCUT2D eigenvalue weighted by Crippen LogP contribution is -2.31. The number of ether oxygens (including phenoxy) is 1. The zero-order valence-corrected chi connectivity index (χ0v) is 18.1. The minimum absolute atomic E-state index is 0.0765. The number of carbonyl (C=O) groups is 2. The van der Waals surface area contributed by atoms with Crippen LogP contribution in [0.4, 0.5) is 0 Å². The van der Waals surface area contributed by atoms with Crippen molar-refractivity contribution >= 4 is 35.5 Å². The molecule has 1 aliphatic rings. The van der Waals surface area contributed by atoms with Gasteiger partial charge in [0.25, 0.3) is 0 Å². The Bertz CT molecular complexity index is 943. The molecule has 0 amide bonds. The molecule has 1 fully saturated rings. The van der Waals surface area contributed by atoms with E-state index in [1.165, 1.54) is 6.08 Å². The predicted octanol–water partition coefficient (Wildman–Crippen LogP) is 5.27. The minimum atomic E-state index is -0.454. The van der Waals surface area contributed by atoms with Gasteiger partial charge in [0.15, 0.2) is 5.78 Å². The van der Waals surface area contributed by atoms with Gasteiger partial charge in [-0.15, -0.1) is 0 Å². The van der Waals surface area contributed by atoms with Gasteiger partial charge in [0.1, 0.15) is 5.75 Å². The molecule has 4 nitrogen and oxygen atoms in total. The first-order valence-electron chi connectivity index (χ1n) is 10.1. The fraction of sp³-hybridized carbons (Fsp3) is 0.280. The van der Waals surface area contributed by atoms with Gasteiger partial charge >= 0.3 is 5.97 Å². The maximum absolute atomic E-state index is 12.7. The van der Waals surface area contributed by atoms with E-state index < -0.39 is 5.97 Å². The van der Waals surface area contributed by atoms with E-state index in [9.17, 15) is 9.59 Å². The largest absolute Gasteiger partial charge is 0.423 e. The average Bonchev–Trinajstić information content (AvgIpc) is 2.72. The molecule has 0 bridgehead atoms. The van der Waals surface area contributed by atoms with Gasteiger partial charge in [-0.25, -0.2) is 4.79 Å². The number of allylic oxidation sites excluding steroid dienone is 1. The molecule has 5 heteroatoms. The number of ketones is 1. The lowest BCUT2D eigenvalue weighted by molar-refractivity contribution is -0.129. The summed E-state index contributed by atoms with van der Waals surface area (Å²) in [5, 5.41) is 0.646. The van der Waals surface area contributed by atoms with Crippen LogP contribution in [0.5, 0.6) is 5.75 Å². The Kier molecular flexibility index (Phi) is 7.61. The monoisotopic (exact) mass is 423 g/mol. The predicted molar refractivity (Wildman–Crippen MR) is 121 cm³/mol. The highest BCUT2D eigenvalue weighted by molar-refractivity contribution is 6.30. The van der Waals surface area contributed by atoms with Crippen molar-refractivity contribution in [2.45, 2.75) is 19.3 Å². The van der Waals surface area contributed by atoms with Crippen molar-refractivity contribution in [3.05, 3.63) is 76.3 Å². The second-order valence-electron chi connectivity index (χ2n) is 7.76. The van der Waals surface area contributed by atoms with Crippen LogP contribution in [0, 0.1) is 5.92 Å². The fourth-order valence-electron chi connectivity index (χ4n) is 3.54. The highest BCUT2D eigenvalue weighted by Crippen LogP contribution is 2.27. The lowest BCUT2D eigenvalue weighted by atomic mass is 9.83. The summed E-state index contributed by atoms with van der Waals surface area (Å²) in [5.74, 6) is 0.332. The molecule has 1 saturated carbocycles. The quantitative estimate of drug-likeness (QED) is 0.360. The standard InChI is InChI=1S/C25H26ClNO3/c1-27(2)17-21-5-3-4-20(25(21)29)16-19-8-13-23(14-9-19)30-24(28)15-10-18-6-11-22(26)12-7-18/h6-16,21H,3-5,17H2,1-2H3/b15-10+,20-16-. The first-order chi connectivity index (χ1) is 14.4. The SMILES string of the molecule is CN(C)CC1CCC/C(=C/c2ccc(OC(=O)/C=C/c3ccc(Cl)cc3)cc2)C1=O. The molecule has 2 aromatic rings. The summed E-state index contributed by atoms with van der Waals surface area (Å²) in [4.78, 5) is 26.8. The summed E-state index contributed by atoms with van der Waals surface area (Å²) >= 11 is 5.85. The molecule has 0 radical (unpaired) electrons. The fourth-order valence-corrected chi connectivity index (χ4v) is 3.66. The smallest absolute Gasteiger partial charge is 0.336 e. The topological polar surface area (TPSA) is 46.6 Å². The van der Waals surface area contributed by atoms with E-state index in [1.807, 2.05) is 44.4 Å². The first-order valence-corrected chi connectivity index (χ1v) is 10.4. The molecule has 2 aromatic carbocycles. The summed E-state index contributed by atoms with van der Waals surface area (Å²) in [7, 11) is 3.99. The maximum Gasteiger partial charge on any atom is 0.336 e. The number of Topliss-reactive ketones (excluding diaryl/α,β-unsaturated/α-hetero) is 1. The van der Waals surface area contributed by atoms with Crippen molar-refractivity contribution in [3.63, 3.8) is 0 Å². The molecule has 0 N–H and O–H groups in total. The van der Waals surface area contributed by atoms with Crippen LogP contribution in [-0.2, 0) is 9.59 Å². The Morgan fingerprint density at radius 1 is 1.10 bits per heavy atom. The van der Waals surface area contributed by atoms with E-state index in [0.29, 0.717) is 10.8 Å². The molecule has 156 valence electrons. The highest BCUT2D eigenvalue weighted by atomic mass is 35.5. The number of nitrogens with zero attached hydrogens (tertiary/aromatic N) is 1. The van der Waals surface area contributed by atoms with Crippen molar-refractivity contribution in [2.24, 2.45) is 5.92 Å². The summed E-state index contributed by atoms with van der Waals surface area (Å²) < 4.78 is 5.34. The Morgan fingerprint density at radius 3 is 2.43 bits per heavy atom. The van der Waals surface area contributed by atoms with Gasteiger partial charge in [-0.05, 0) is 86.5 Å². The molecule has 3 rings (SSSR count). The molecule has 1 atom stereocenters. The van der Waals surface area contributed by atoms with E-state index >= 15 is 0 Å². The van der Waals surface area contributed by atoms with Crippen molar-refractivity contribution in [1.82, 2.24) is 4.90 Å². The van der Waals surface area contributed by atoms with Crippen LogP contribution < -0.4 is 4.74 Å². The zero-order chi connectivity index (χ0) is 21.5. The second kappa shape index (κ2) is 10.4. The van der Waals surface area contributed by atoms with E-state index in [4.69, 9.17) is 16.3 Å². The molecule has 30 heavy (non-hydrogen) atoms. The molecular weight excluding hydrogens is 398 g/mol. The van der Waals surface area contributed by atoms with Gasteiger partial charge in [-0.3, -0.25) is 4.79 Å².